The first-order chi connectivity index (χ1) is 19.1. The van der Waals surface area contributed by atoms with Crippen molar-refractivity contribution in [3.05, 3.63) is 101 Å². The minimum atomic E-state index is -3.80. The summed E-state index contributed by atoms with van der Waals surface area (Å²) < 4.78 is 34.7. The van der Waals surface area contributed by atoms with Gasteiger partial charge in [0, 0.05) is 28.0 Å². The third kappa shape index (κ3) is 7.97. The van der Waals surface area contributed by atoms with Crippen molar-refractivity contribution in [2.24, 2.45) is 11.8 Å². The van der Waals surface area contributed by atoms with E-state index in [4.69, 9.17) is 16.3 Å². The molecule has 3 aromatic carbocycles. The predicted molar refractivity (Wildman–Crippen MR) is 160 cm³/mol. The number of sulfonamides is 1. The lowest BCUT2D eigenvalue weighted by Gasteiger charge is -2.22. The molecule has 1 heterocycles. The minimum Gasteiger partial charge on any atom is -0.487 e. The van der Waals surface area contributed by atoms with Crippen LogP contribution in [0.2, 0.25) is 5.02 Å². The van der Waals surface area contributed by atoms with E-state index in [1.807, 2.05) is 74.5 Å². The molecule has 0 aliphatic rings. The first-order valence-electron chi connectivity index (χ1n) is 12.8. The number of aliphatic carboxylic acids is 1. The molecule has 40 heavy (non-hydrogen) atoms. The molecule has 210 valence electrons. The lowest BCUT2D eigenvalue weighted by molar-refractivity contribution is -0.142. The molecule has 4 aromatic rings. The third-order valence-electron chi connectivity index (χ3n) is 6.45. The fourth-order valence-electron chi connectivity index (χ4n) is 4.07. The molecule has 10 heteroatoms. The van der Waals surface area contributed by atoms with E-state index < -0.39 is 21.9 Å². The molecule has 1 aromatic heterocycles. The first kappa shape index (κ1) is 29.9. The van der Waals surface area contributed by atoms with E-state index in [-0.39, 0.29) is 29.2 Å². The molecular weight excluding hydrogens is 568 g/mol. The smallest absolute Gasteiger partial charge is 0.307 e. The van der Waals surface area contributed by atoms with Gasteiger partial charge in [-0.25, -0.2) is 18.1 Å². The van der Waals surface area contributed by atoms with Crippen molar-refractivity contribution in [2.45, 2.75) is 30.6 Å². The van der Waals surface area contributed by atoms with Crippen LogP contribution in [0.3, 0.4) is 0 Å². The minimum absolute atomic E-state index is 0.0652. The lowest BCUT2D eigenvalue weighted by atomic mass is 9.98. The van der Waals surface area contributed by atoms with Crippen molar-refractivity contribution in [2.75, 3.05) is 12.3 Å². The van der Waals surface area contributed by atoms with Gasteiger partial charge in [-0.15, -0.1) is 0 Å². The summed E-state index contributed by atoms with van der Waals surface area (Å²) in [5, 5.41) is 10.8. The fraction of sp³-hybridized carbons (Fsp3) is 0.267. The molecule has 4 rings (SSSR count). The SMILES string of the molecule is CC(C)C(CSC(CNS(=O)(=O)c1ccc(Cl)cc1)c1cccc(OCc2ccc3ccccc3n2)c1)C(=O)O. The van der Waals surface area contributed by atoms with Crippen molar-refractivity contribution in [3.8, 4) is 5.75 Å². The number of thioether (sulfide) groups is 1. The molecule has 2 N–H and O–H groups in total. The number of para-hydroxylation sites is 1. The van der Waals surface area contributed by atoms with Gasteiger partial charge >= 0.3 is 5.97 Å². The molecule has 0 spiro atoms. The Morgan fingerprint density at radius 3 is 2.50 bits per heavy atom. The van der Waals surface area contributed by atoms with Gasteiger partial charge in [-0.2, -0.15) is 11.8 Å². The largest absolute Gasteiger partial charge is 0.487 e. The number of rotatable bonds is 13. The highest BCUT2D eigenvalue weighted by molar-refractivity contribution is 7.99. The summed E-state index contributed by atoms with van der Waals surface area (Å²) >= 11 is 7.32. The normalized spacial score (nSPS) is 13.3. The van der Waals surface area contributed by atoms with Crippen molar-refractivity contribution < 1.29 is 23.1 Å². The fourth-order valence-corrected chi connectivity index (χ4v) is 6.86. The molecule has 0 bridgehead atoms. The van der Waals surface area contributed by atoms with Gasteiger partial charge in [0.1, 0.15) is 12.4 Å². The maximum atomic E-state index is 13.0. The second-order valence-electron chi connectivity index (χ2n) is 9.67. The number of pyridine rings is 1. The number of fused-ring (bicyclic) bond motifs is 1. The van der Waals surface area contributed by atoms with Crippen molar-refractivity contribution >= 4 is 50.3 Å². The highest BCUT2D eigenvalue weighted by Gasteiger charge is 2.25. The average Bonchev–Trinajstić information content (AvgIpc) is 2.93. The highest BCUT2D eigenvalue weighted by atomic mass is 35.5. The number of carbonyl (C=O) groups is 1. The zero-order valence-corrected chi connectivity index (χ0v) is 24.5. The van der Waals surface area contributed by atoms with Crippen molar-refractivity contribution in [1.29, 1.82) is 0 Å². The Morgan fingerprint density at radius 1 is 1.02 bits per heavy atom. The van der Waals surface area contributed by atoms with Gasteiger partial charge in [-0.1, -0.05) is 61.8 Å². The number of halogens is 1. The molecule has 0 fully saturated rings. The van der Waals surface area contributed by atoms with Crippen LogP contribution >= 0.6 is 23.4 Å². The monoisotopic (exact) mass is 598 g/mol. The lowest BCUT2D eigenvalue weighted by Crippen LogP contribution is -2.29. The van der Waals surface area contributed by atoms with Crippen molar-refractivity contribution in [3.63, 3.8) is 0 Å². The number of hydrogen-bond donors (Lipinski definition) is 2. The van der Waals surface area contributed by atoms with Crippen LogP contribution in [-0.2, 0) is 21.4 Å². The van der Waals surface area contributed by atoms with Gasteiger partial charge in [-0.05, 0) is 60.0 Å². The summed E-state index contributed by atoms with van der Waals surface area (Å²) in [7, 11) is -3.80. The van der Waals surface area contributed by atoms with E-state index in [1.54, 1.807) is 0 Å². The first-order valence-corrected chi connectivity index (χ1v) is 15.7. The molecule has 0 aliphatic heterocycles. The second kappa shape index (κ2) is 13.5. The van der Waals surface area contributed by atoms with E-state index in [2.05, 4.69) is 9.71 Å². The van der Waals surface area contributed by atoms with Gasteiger partial charge < -0.3 is 9.84 Å². The van der Waals surface area contributed by atoms with Crippen molar-refractivity contribution in [1.82, 2.24) is 9.71 Å². The van der Waals surface area contributed by atoms with Gasteiger partial charge in [0.05, 0.1) is 22.0 Å². The Morgan fingerprint density at radius 2 is 1.77 bits per heavy atom. The highest BCUT2D eigenvalue weighted by Crippen LogP contribution is 2.34. The van der Waals surface area contributed by atoms with Gasteiger partial charge in [0.2, 0.25) is 10.0 Å². The van der Waals surface area contributed by atoms with E-state index >= 15 is 0 Å². The van der Waals surface area contributed by atoms with E-state index in [9.17, 15) is 18.3 Å². The molecule has 0 amide bonds. The number of carboxylic acids is 1. The summed E-state index contributed by atoms with van der Waals surface area (Å²) in [6.45, 7) is 4.07. The summed E-state index contributed by atoms with van der Waals surface area (Å²) in [5.41, 5.74) is 2.49. The molecule has 0 saturated carbocycles. The van der Waals surface area contributed by atoms with E-state index in [0.717, 1.165) is 22.2 Å². The van der Waals surface area contributed by atoms with E-state index in [1.165, 1.54) is 36.0 Å². The van der Waals surface area contributed by atoms with Crippen LogP contribution in [0.4, 0.5) is 0 Å². The number of nitrogens with one attached hydrogen (secondary N) is 1. The maximum Gasteiger partial charge on any atom is 0.307 e. The molecule has 0 saturated heterocycles. The standard InChI is InChI=1S/C30H31ClN2O5S2/c1-20(2)27(30(34)35)19-39-29(17-32-40(36,37)26-14-11-23(31)12-15-26)22-7-5-8-25(16-22)38-18-24-13-10-21-6-3-4-9-28(21)33-24/h3-16,20,27,29,32H,17-19H2,1-2H3,(H,34,35). The van der Waals surface area contributed by atoms with Crippen LogP contribution in [0, 0.1) is 11.8 Å². The molecular formula is C30H31ClN2O5S2. The Labute approximate surface area is 244 Å². The molecule has 2 unspecified atom stereocenters. The average molecular weight is 599 g/mol. The van der Waals surface area contributed by atoms with Crippen LogP contribution in [0.5, 0.6) is 5.75 Å². The number of hydrogen-bond acceptors (Lipinski definition) is 6. The zero-order chi connectivity index (χ0) is 28.7. The molecule has 7 nitrogen and oxygen atoms in total. The summed E-state index contributed by atoms with van der Waals surface area (Å²) in [6, 6.07) is 25.2. The van der Waals surface area contributed by atoms with Gasteiger partial charge in [-0.3, -0.25) is 4.79 Å². The number of nitrogens with zero attached hydrogens (tertiary/aromatic N) is 1. The number of ether oxygens (including phenoxy) is 1. The summed E-state index contributed by atoms with van der Waals surface area (Å²) in [5.74, 6) is -0.577. The maximum absolute atomic E-state index is 13.0. The second-order valence-corrected chi connectivity index (χ2v) is 13.1. The van der Waals surface area contributed by atoms with E-state index in [0.29, 0.717) is 16.5 Å². The predicted octanol–water partition coefficient (Wildman–Crippen LogP) is 6.58. The topological polar surface area (TPSA) is 106 Å². The number of aromatic nitrogens is 1. The van der Waals surface area contributed by atoms with Crippen LogP contribution in [0.15, 0.2) is 89.8 Å². The zero-order valence-electron chi connectivity index (χ0n) is 22.2. The summed E-state index contributed by atoms with van der Waals surface area (Å²) in [6.07, 6.45) is 0. The number of benzene rings is 3. The summed E-state index contributed by atoms with van der Waals surface area (Å²) in [4.78, 5) is 16.6. The third-order valence-corrected chi connectivity index (χ3v) is 9.54. The molecule has 0 aliphatic carbocycles. The van der Waals surface area contributed by atoms with Gasteiger partial charge in [0.25, 0.3) is 0 Å². The Balaban J connectivity index is 1.52. The van der Waals surface area contributed by atoms with Gasteiger partial charge in [0.15, 0.2) is 0 Å². The van der Waals surface area contributed by atoms with Crippen LogP contribution in [0.25, 0.3) is 10.9 Å². The van der Waals surface area contributed by atoms with Crippen LogP contribution < -0.4 is 9.46 Å². The number of carboxylic acid groups (broad SMARTS) is 1. The van der Waals surface area contributed by atoms with Crippen LogP contribution in [0.1, 0.15) is 30.4 Å². The Bertz CT molecular complexity index is 1560. The molecule has 2 atom stereocenters. The Hall–Kier alpha value is -3.11. The quantitative estimate of drug-likeness (QED) is 0.179. The molecule has 0 radical (unpaired) electrons. The van der Waals surface area contributed by atoms with Crippen LogP contribution in [-0.4, -0.2) is 36.8 Å². The Kier molecular flexibility index (Phi) is 10.1.